The highest BCUT2D eigenvalue weighted by Crippen LogP contribution is 2.32. The van der Waals surface area contributed by atoms with Crippen LogP contribution in [-0.4, -0.2) is 11.7 Å². The quantitative estimate of drug-likeness (QED) is 0.740. The molecule has 0 fully saturated rings. The summed E-state index contributed by atoms with van der Waals surface area (Å²) in [4.78, 5) is 0. The van der Waals surface area contributed by atoms with E-state index < -0.39 is 0 Å². The minimum absolute atomic E-state index is 0.348. The van der Waals surface area contributed by atoms with E-state index in [4.69, 9.17) is 4.74 Å². The normalized spacial score (nSPS) is 20.9. The number of hydrogen-bond acceptors (Lipinski definition) is 2. The van der Waals surface area contributed by atoms with Crippen LogP contribution in [0, 0.1) is 0 Å². The lowest BCUT2D eigenvalue weighted by Crippen LogP contribution is -1.97. The molecule has 1 N–H and O–H groups in total. The Hall–Kier alpha value is -1.02. The minimum atomic E-state index is -0.348. The Morgan fingerprint density at radius 2 is 2.36 bits per heavy atom. The van der Waals surface area contributed by atoms with Gasteiger partial charge in [0.25, 0.3) is 0 Å². The molecule has 76 valence electrons. The number of benzene rings is 1. The number of rotatable bonds is 1. The average molecular weight is 192 g/mol. The van der Waals surface area contributed by atoms with Gasteiger partial charge in [-0.3, -0.25) is 0 Å². The van der Waals surface area contributed by atoms with Crippen LogP contribution in [0.15, 0.2) is 18.2 Å². The zero-order valence-electron chi connectivity index (χ0n) is 8.49. The van der Waals surface area contributed by atoms with E-state index in [9.17, 15) is 5.11 Å². The van der Waals surface area contributed by atoms with Crippen molar-refractivity contribution in [2.75, 3.05) is 6.61 Å². The van der Waals surface area contributed by atoms with E-state index in [1.54, 1.807) is 0 Å². The summed E-state index contributed by atoms with van der Waals surface area (Å²) in [5.41, 5.74) is 2.22. The smallest absolute Gasteiger partial charge is 0.125 e. The molecule has 0 bridgehead atoms. The van der Waals surface area contributed by atoms with Gasteiger partial charge in [-0.1, -0.05) is 13.0 Å². The fraction of sp³-hybridized carbons (Fsp3) is 0.500. The summed E-state index contributed by atoms with van der Waals surface area (Å²) >= 11 is 0. The van der Waals surface area contributed by atoms with E-state index >= 15 is 0 Å². The molecule has 2 rings (SSSR count). The third-order valence-corrected chi connectivity index (χ3v) is 2.72. The van der Waals surface area contributed by atoms with Gasteiger partial charge in [0, 0.05) is 5.56 Å². The fourth-order valence-electron chi connectivity index (χ4n) is 1.82. The second-order valence-corrected chi connectivity index (χ2v) is 3.73. The number of hydrogen-bond donors (Lipinski definition) is 1. The van der Waals surface area contributed by atoms with Crippen molar-refractivity contribution in [2.45, 2.75) is 32.3 Å². The largest absolute Gasteiger partial charge is 0.493 e. The van der Waals surface area contributed by atoms with Gasteiger partial charge >= 0.3 is 0 Å². The van der Waals surface area contributed by atoms with Crippen LogP contribution in [0.2, 0.25) is 0 Å². The van der Waals surface area contributed by atoms with Crippen LogP contribution < -0.4 is 4.74 Å². The highest BCUT2D eigenvalue weighted by Gasteiger charge is 2.17. The maximum atomic E-state index is 9.88. The molecule has 14 heavy (non-hydrogen) atoms. The molecule has 2 nitrogen and oxygen atoms in total. The Labute approximate surface area is 84.5 Å². The molecule has 0 unspecified atom stereocenters. The third-order valence-electron chi connectivity index (χ3n) is 2.72. The highest BCUT2D eigenvalue weighted by molar-refractivity contribution is 5.39. The molecule has 1 heterocycles. The van der Waals surface area contributed by atoms with Crippen molar-refractivity contribution in [2.24, 2.45) is 0 Å². The van der Waals surface area contributed by atoms with Gasteiger partial charge in [-0.25, -0.2) is 0 Å². The molecule has 0 saturated carbocycles. The van der Waals surface area contributed by atoms with E-state index in [-0.39, 0.29) is 6.10 Å². The molecular weight excluding hydrogens is 176 g/mol. The van der Waals surface area contributed by atoms with Gasteiger partial charge < -0.3 is 9.84 Å². The van der Waals surface area contributed by atoms with E-state index in [0.717, 1.165) is 37.2 Å². The number of aliphatic hydroxyl groups excluding tert-OH is 1. The van der Waals surface area contributed by atoms with Gasteiger partial charge in [-0.05, 0) is 37.0 Å². The molecule has 0 saturated heterocycles. The summed E-state index contributed by atoms with van der Waals surface area (Å²) in [6.07, 6.45) is 2.39. The SMILES string of the molecule is CCc1ccc2c(c1)[C@@H](O)CCCO2. The first kappa shape index (κ1) is 9.53. The summed E-state index contributed by atoms with van der Waals surface area (Å²) in [5.74, 6) is 0.854. The van der Waals surface area contributed by atoms with Gasteiger partial charge in [0.1, 0.15) is 5.75 Å². The molecule has 0 aromatic heterocycles. The minimum Gasteiger partial charge on any atom is -0.493 e. The van der Waals surface area contributed by atoms with Crippen LogP contribution in [0.5, 0.6) is 5.75 Å². The van der Waals surface area contributed by atoms with E-state index in [0.29, 0.717) is 0 Å². The van der Waals surface area contributed by atoms with Gasteiger partial charge in [0.2, 0.25) is 0 Å². The molecule has 0 spiro atoms. The molecular formula is C12H16O2. The van der Waals surface area contributed by atoms with Crippen molar-refractivity contribution in [1.29, 1.82) is 0 Å². The highest BCUT2D eigenvalue weighted by atomic mass is 16.5. The summed E-state index contributed by atoms with van der Waals surface area (Å²) in [7, 11) is 0. The first-order chi connectivity index (χ1) is 6.81. The maximum Gasteiger partial charge on any atom is 0.125 e. The van der Waals surface area contributed by atoms with E-state index in [1.165, 1.54) is 5.56 Å². The summed E-state index contributed by atoms with van der Waals surface area (Å²) in [6.45, 7) is 2.83. The third kappa shape index (κ3) is 1.75. The maximum absolute atomic E-state index is 9.88. The zero-order chi connectivity index (χ0) is 9.97. The second-order valence-electron chi connectivity index (χ2n) is 3.73. The Morgan fingerprint density at radius 1 is 1.50 bits per heavy atom. The monoisotopic (exact) mass is 192 g/mol. The number of fused-ring (bicyclic) bond motifs is 1. The van der Waals surface area contributed by atoms with Gasteiger partial charge in [0.05, 0.1) is 12.7 Å². The van der Waals surface area contributed by atoms with Crippen molar-refractivity contribution in [3.05, 3.63) is 29.3 Å². The summed E-state index contributed by atoms with van der Waals surface area (Å²) in [5, 5.41) is 9.88. The van der Waals surface area contributed by atoms with Crippen LogP contribution in [0.25, 0.3) is 0 Å². The fourth-order valence-corrected chi connectivity index (χ4v) is 1.82. The van der Waals surface area contributed by atoms with E-state index in [2.05, 4.69) is 19.1 Å². The molecule has 2 heteroatoms. The standard InChI is InChI=1S/C12H16O2/c1-2-9-5-6-12-10(8-9)11(13)4-3-7-14-12/h5-6,8,11,13H,2-4,7H2,1H3/t11-/m0/s1. The predicted molar refractivity (Wildman–Crippen MR) is 55.5 cm³/mol. The molecule has 1 atom stereocenters. The van der Waals surface area contributed by atoms with Crippen LogP contribution in [-0.2, 0) is 6.42 Å². The molecule has 0 radical (unpaired) electrons. The molecule has 1 aromatic carbocycles. The van der Waals surface area contributed by atoms with Crippen LogP contribution in [0.3, 0.4) is 0 Å². The Kier molecular flexibility index (Phi) is 2.73. The molecule has 0 aliphatic carbocycles. The van der Waals surface area contributed by atoms with Crippen LogP contribution in [0.1, 0.15) is 37.0 Å². The van der Waals surface area contributed by atoms with Crippen molar-refractivity contribution in [1.82, 2.24) is 0 Å². The molecule has 1 aliphatic rings. The average Bonchev–Trinajstić information content (AvgIpc) is 2.40. The number of aliphatic hydroxyl groups is 1. The van der Waals surface area contributed by atoms with Crippen molar-refractivity contribution >= 4 is 0 Å². The van der Waals surface area contributed by atoms with Crippen molar-refractivity contribution in [3.8, 4) is 5.75 Å². The van der Waals surface area contributed by atoms with Crippen molar-refractivity contribution in [3.63, 3.8) is 0 Å². The lowest BCUT2D eigenvalue weighted by atomic mass is 10.0. The zero-order valence-corrected chi connectivity index (χ0v) is 8.49. The Morgan fingerprint density at radius 3 is 3.14 bits per heavy atom. The lowest BCUT2D eigenvalue weighted by molar-refractivity contribution is 0.167. The number of aryl methyl sites for hydroxylation is 1. The summed E-state index contributed by atoms with van der Waals surface area (Å²) < 4.78 is 5.56. The predicted octanol–water partition coefficient (Wildman–Crippen LogP) is 2.46. The first-order valence-corrected chi connectivity index (χ1v) is 5.25. The number of ether oxygens (including phenoxy) is 1. The van der Waals surface area contributed by atoms with Gasteiger partial charge in [-0.2, -0.15) is 0 Å². The lowest BCUT2D eigenvalue weighted by Gasteiger charge is -2.11. The second kappa shape index (κ2) is 4.01. The van der Waals surface area contributed by atoms with Crippen molar-refractivity contribution < 1.29 is 9.84 Å². The molecule has 0 amide bonds. The Bertz CT molecular complexity index is 320. The first-order valence-electron chi connectivity index (χ1n) is 5.25. The van der Waals surface area contributed by atoms with Crippen LogP contribution >= 0.6 is 0 Å². The van der Waals surface area contributed by atoms with Gasteiger partial charge in [-0.15, -0.1) is 0 Å². The van der Waals surface area contributed by atoms with Gasteiger partial charge in [0.15, 0.2) is 0 Å². The summed E-state index contributed by atoms with van der Waals surface area (Å²) in [6, 6.07) is 6.10. The topological polar surface area (TPSA) is 29.5 Å². The Balaban J connectivity index is 2.39. The van der Waals surface area contributed by atoms with Crippen LogP contribution in [0.4, 0.5) is 0 Å². The molecule has 1 aromatic rings. The van der Waals surface area contributed by atoms with E-state index in [1.807, 2.05) is 6.07 Å². The molecule has 1 aliphatic heterocycles.